The van der Waals surface area contributed by atoms with Crippen LogP contribution in [0, 0.1) is 12.8 Å². The van der Waals surface area contributed by atoms with Crippen molar-refractivity contribution in [3.05, 3.63) is 21.9 Å². The number of carbonyl (C=O) groups is 2. The molecule has 1 amide bonds. The minimum Gasteiger partial charge on any atom is -0.481 e. The number of carboxylic acids is 1. The first kappa shape index (κ1) is 13.1. The molecule has 1 N–H and O–H groups in total. The number of carbonyl (C=O) groups excluding carboxylic acids is 1. The van der Waals surface area contributed by atoms with E-state index in [1.54, 1.807) is 0 Å². The molecular formula is C13H17NO3S. The molecule has 1 saturated heterocycles. The molecule has 0 unspecified atom stereocenters. The van der Waals surface area contributed by atoms with Gasteiger partial charge in [-0.3, -0.25) is 9.59 Å². The lowest BCUT2D eigenvalue weighted by Crippen LogP contribution is -2.38. The van der Waals surface area contributed by atoms with Crippen molar-refractivity contribution < 1.29 is 14.7 Å². The molecule has 0 bridgehead atoms. The van der Waals surface area contributed by atoms with Crippen molar-refractivity contribution in [3.63, 3.8) is 0 Å². The average Bonchev–Trinajstić information content (AvgIpc) is 2.75. The lowest BCUT2D eigenvalue weighted by atomic mass is 9.93. The first-order valence-electron chi connectivity index (χ1n) is 6.13. The second kappa shape index (κ2) is 5.52. The van der Waals surface area contributed by atoms with E-state index >= 15 is 0 Å². The first-order chi connectivity index (χ1) is 8.58. The first-order valence-corrected chi connectivity index (χ1v) is 7.01. The van der Waals surface area contributed by atoms with E-state index in [0.29, 0.717) is 13.1 Å². The Bertz CT molecular complexity index is 447. The third kappa shape index (κ3) is 2.90. The van der Waals surface area contributed by atoms with E-state index in [4.69, 9.17) is 5.11 Å². The average molecular weight is 267 g/mol. The molecule has 2 rings (SSSR count). The summed E-state index contributed by atoms with van der Waals surface area (Å²) < 4.78 is 0. The van der Waals surface area contributed by atoms with Gasteiger partial charge in [0.1, 0.15) is 0 Å². The number of aliphatic carboxylic acids is 1. The van der Waals surface area contributed by atoms with Crippen LogP contribution in [-0.4, -0.2) is 35.0 Å². The third-order valence-corrected chi connectivity index (χ3v) is 4.43. The van der Waals surface area contributed by atoms with Crippen molar-refractivity contribution >= 4 is 23.2 Å². The molecule has 1 fully saturated rings. The van der Waals surface area contributed by atoms with Gasteiger partial charge >= 0.3 is 5.97 Å². The lowest BCUT2D eigenvalue weighted by molar-refractivity contribution is -0.138. The number of thiophene rings is 1. The van der Waals surface area contributed by atoms with Crippen molar-refractivity contribution in [2.75, 3.05) is 13.1 Å². The Balaban J connectivity index is 1.92. The van der Waals surface area contributed by atoms with Gasteiger partial charge in [-0.1, -0.05) is 0 Å². The van der Waals surface area contributed by atoms with Gasteiger partial charge in [0.2, 0.25) is 0 Å². The van der Waals surface area contributed by atoms with Crippen molar-refractivity contribution in [2.45, 2.75) is 26.2 Å². The number of aryl methyl sites for hydroxylation is 1. The van der Waals surface area contributed by atoms with E-state index in [2.05, 4.69) is 0 Å². The summed E-state index contributed by atoms with van der Waals surface area (Å²) in [5.74, 6) is -0.430. The summed E-state index contributed by atoms with van der Waals surface area (Å²) in [4.78, 5) is 25.5. The van der Waals surface area contributed by atoms with Crippen molar-refractivity contribution in [1.29, 1.82) is 0 Å². The predicted molar refractivity (Wildman–Crippen MR) is 69.9 cm³/mol. The number of likely N-dealkylation sites (tertiary alicyclic amines) is 1. The molecule has 0 spiro atoms. The van der Waals surface area contributed by atoms with Gasteiger partial charge in [-0.05, 0) is 42.7 Å². The molecule has 1 aromatic rings. The van der Waals surface area contributed by atoms with Gasteiger partial charge in [-0.15, -0.1) is 11.3 Å². The van der Waals surface area contributed by atoms with Crippen LogP contribution in [0.3, 0.4) is 0 Å². The van der Waals surface area contributed by atoms with Gasteiger partial charge in [0.05, 0.1) is 4.88 Å². The molecule has 0 radical (unpaired) electrons. The zero-order chi connectivity index (χ0) is 13.1. The summed E-state index contributed by atoms with van der Waals surface area (Å²) in [6.07, 6.45) is 1.81. The molecule has 98 valence electrons. The van der Waals surface area contributed by atoms with Crippen molar-refractivity contribution in [1.82, 2.24) is 4.90 Å². The predicted octanol–water partition coefficient (Wildman–Crippen LogP) is 2.38. The molecule has 18 heavy (non-hydrogen) atoms. The second-order valence-electron chi connectivity index (χ2n) is 4.77. The normalized spacial score (nSPS) is 16.8. The summed E-state index contributed by atoms with van der Waals surface area (Å²) in [5, 5.41) is 10.7. The zero-order valence-electron chi connectivity index (χ0n) is 10.4. The highest BCUT2D eigenvalue weighted by atomic mass is 32.1. The summed E-state index contributed by atoms with van der Waals surface area (Å²) in [6.45, 7) is 3.29. The second-order valence-corrected chi connectivity index (χ2v) is 5.68. The topological polar surface area (TPSA) is 57.6 Å². The van der Waals surface area contributed by atoms with Crippen LogP contribution in [0.1, 0.15) is 34.5 Å². The number of piperidine rings is 1. The van der Waals surface area contributed by atoms with Gasteiger partial charge in [-0.25, -0.2) is 0 Å². The fourth-order valence-corrected chi connectivity index (χ4v) is 3.21. The lowest BCUT2D eigenvalue weighted by Gasteiger charge is -2.31. The van der Waals surface area contributed by atoms with E-state index in [-0.39, 0.29) is 18.2 Å². The standard InChI is InChI=1S/C13H17NO3S/c1-9-4-7-18-12(9)13(17)14-5-2-10(3-6-14)8-11(15)16/h4,7,10H,2-3,5-6,8H2,1H3,(H,15,16). The summed E-state index contributed by atoms with van der Waals surface area (Å²) in [6, 6.07) is 1.95. The summed E-state index contributed by atoms with van der Waals surface area (Å²) >= 11 is 1.48. The summed E-state index contributed by atoms with van der Waals surface area (Å²) in [5.41, 5.74) is 1.03. The maximum atomic E-state index is 12.2. The molecule has 4 nitrogen and oxygen atoms in total. The van der Waals surface area contributed by atoms with Crippen molar-refractivity contribution in [3.8, 4) is 0 Å². The highest BCUT2D eigenvalue weighted by Gasteiger charge is 2.26. The molecule has 2 heterocycles. The molecule has 1 aliphatic heterocycles. The monoisotopic (exact) mass is 267 g/mol. The van der Waals surface area contributed by atoms with E-state index in [1.807, 2.05) is 23.3 Å². The number of nitrogens with zero attached hydrogens (tertiary/aromatic N) is 1. The fraction of sp³-hybridized carbons (Fsp3) is 0.538. The Morgan fingerprint density at radius 2 is 2.11 bits per heavy atom. The molecular weight excluding hydrogens is 250 g/mol. The van der Waals surface area contributed by atoms with E-state index < -0.39 is 5.97 Å². The number of carboxylic acid groups (broad SMARTS) is 1. The molecule has 1 aliphatic rings. The molecule has 0 aromatic carbocycles. The Morgan fingerprint density at radius 3 is 2.61 bits per heavy atom. The Labute approximate surface area is 110 Å². The highest BCUT2D eigenvalue weighted by Crippen LogP contribution is 2.24. The Hall–Kier alpha value is -1.36. The van der Waals surface area contributed by atoms with Crippen molar-refractivity contribution in [2.24, 2.45) is 5.92 Å². The van der Waals surface area contributed by atoms with Gasteiger partial charge in [0.25, 0.3) is 5.91 Å². The molecule has 0 atom stereocenters. The van der Waals surface area contributed by atoms with Gasteiger partial charge in [0.15, 0.2) is 0 Å². The number of rotatable bonds is 3. The van der Waals surface area contributed by atoms with E-state index in [9.17, 15) is 9.59 Å². The van der Waals surface area contributed by atoms with Crippen LogP contribution in [0.25, 0.3) is 0 Å². The van der Waals surface area contributed by atoms with Gasteiger partial charge in [-0.2, -0.15) is 0 Å². The Morgan fingerprint density at radius 1 is 1.44 bits per heavy atom. The van der Waals surface area contributed by atoms with Gasteiger partial charge in [0, 0.05) is 19.5 Å². The largest absolute Gasteiger partial charge is 0.481 e. The van der Waals surface area contributed by atoms with Crippen LogP contribution >= 0.6 is 11.3 Å². The minimum atomic E-state index is -0.742. The maximum absolute atomic E-state index is 12.2. The number of amides is 1. The Kier molecular flexibility index (Phi) is 4.01. The molecule has 0 aliphatic carbocycles. The number of hydrogen-bond donors (Lipinski definition) is 1. The van der Waals surface area contributed by atoms with Crippen LogP contribution in [0.15, 0.2) is 11.4 Å². The molecule has 0 saturated carbocycles. The smallest absolute Gasteiger partial charge is 0.303 e. The van der Waals surface area contributed by atoms with Crippen LogP contribution < -0.4 is 0 Å². The SMILES string of the molecule is Cc1ccsc1C(=O)N1CCC(CC(=O)O)CC1. The van der Waals surface area contributed by atoms with E-state index in [1.165, 1.54) is 11.3 Å². The fourth-order valence-electron chi connectivity index (χ4n) is 2.32. The molecule has 1 aromatic heterocycles. The van der Waals surface area contributed by atoms with Crippen LogP contribution in [0.2, 0.25) is 0 Å². The molecule has 5 heteroatoms. The van der Waals surface area contributed by atoms with Crippen LogP contribution in [0.5, 0.6) is 0 Å². The summed E-state index contributed by atoms with van der Waals surface area (Å²) in [7, 11) is 0. The van der Waals surface area contributed by atoms with Gasteiger partial charge < -0.3 is 10.0 Å². The van der Waals surface area contributed by atoms with Crippen LogP contribution in [0.4, 0.5) is 0 Å². The number of hydrogen-bond acceptors (Lipinski definition) is 3. The quantitative estimate of drug-likeness (QED) is 0.914. The van der Waals surface area contributed by atoms with Crippen LogP contribution in [-0.2, 0) is 4.79 Å². The third-order valence-electron chi connectivity index (χ3n) is 3.42. The maximum Gasteiger partial charge on any atom is 0.303 e. The van der Waals surface area contributed by atoms with E-state index in [0.717, 1.165) is 23.3 Å². The highest BCUT2D eigenvalue weighted by molar-refractivity contribution is 7.12. The minimum absolute atomic E-state index is 0.0938. The zero-order valence-corrected chi connectivity index (χ0v) is 11.2.